The van der Waals surface area contributed by atoms with Crippen molar-refractivity contribution >= 4 is 17.7 Å². The van der Waals surface area contributed by atoms with Gasteiger partial charge >= 0.3 is 12.3 Å². The third-order valence-corrected chi connectivity index (χ3v) is 2.99. The number of alkyl halides is 3. The highest BCUT2D eigenvalue weighted by molar-refractivity contribution is 6.30. The van der Waals surface area contributed by atoms with Gasteiger partial charge in [0.2, 0.25) is 0 Å². The largest absolute Gasteiger partial charge is 0.446 e. The number of ether oxygens (including phenoxy) is 1. The van der Waals surface area contributed by atoms with Crippen LogP contribution in [0.25, 0.3) is 0 Å². The molecule has 0 aliphatic heterocycles. The molecule has 18 heavy (non-hydrogen) atoms. The van der Waals surface area contributed by atoms with Gasteiger partial charge in [0.05, 0.1) is 5.56 Å². The Morgan fingerprint density at radius 3 is 2.61 bits per heavy atom. The number of amides is 1. The van der Waals surface area contributed by atoms with Crippen LogP contribution in [0.1, 0.15) is 16.7 Å². The van der Waals surface area contributed by atoms with Crippen LogP contribution in [0.5, 0.6) is 0 Å². The van der Waals surface area contributed by atoms with Gasteiger partial charge in [0, 0.05) is 17.9 Å². The first kappa shape index (κ1) is 13.0. The lowest BCUT2D eigenvalue weighted by atomic mass is 10.0. The summed E-state index contributed by atoms with van der Waals surface area (Å²) in [5.41, 5.74) is 4.64. The molecule has 1 aliphatic carbocycles. The Kier molecular flexibility index (Phi) is 3.14. The Morgan fingerprint density at radius 2 is 2.06 bits per heavy atom. The van der Waals surface area contributed by atoms with E-state index in [1.54, 1.807) is 0 Å². The van der Waals surface area contributed by atoms with Crippen LogP contribution in [-0.2, 0) is 23.8 Å². The van der Waals surface area contributed by atoms with Crippen molar-refractivity contribution in [2.24, 2.45) is 5.73 Å². The van der Waals surface area contributed by atoms with Gasteiger partial charge in [0.1, 0.15) is 6.10 Å². The quantitative estimate of drug-likeness (QED) is 0.859. The predicted molar refractivity (Wildman–Crippen MR) is 58.3 cm³/mol. The molecule has 0 bridgehead atoms. The molecule has 2 N–H and O–H groups in total. The summed E-state index contributed by atoms with van der Waals surface area (Å²) in [4.78, 5) is 10.6. The Hall–Kier alpha value is -1.43. The van der Waals surface area contributed by atoms with Crippen LogP contribution in [0, 0.1) is 0 Å². The number of carbonyl (C=O) groups is 1. The molecule has 1 aliphatic rings. The molecule has 0 radical (unpaired) electrons. The van der Waals surface area contributed by atoms with E-state index in [0.29, 0.717) is 5.56 Å². The lowest BCUT2D eigenvalue weighted by molar-refractivity contribution is -0.138. The van der Waals surface area contributed by atoms with Crippen molar-refractivity contribution in [2.45, 2.75) is 25.1 Å². The summed E-state index contributed by atoms with van der Waals surface area (Å²) in [5, 5.41) is 0.0146. The molecule has 1 unspecified atom stereocenters. The Bertz CT molecular complexity index is 502. The molecular formula is C11H9ClF3NO2. The average molecular weight is 280 g/mol. The number of benzene rings is 1. The molecule has 1 atom stereocenters. The summed E-state index contributed by atoms with van der Waals surface area (Å²) in [6.45, 7) is 0. The third-order valence-electron chi connectivity index (χ3n) is 2.77. The van der Waals surface area contributed by atoms with E-state index in [9.17, 15) is 18.0 Å². The van der Waals surface area contributed by atoms with Crippen molar-refractivity contribution in [3.05, 3.63) is 33.8 Å². The number of hydrogen-bond acceptors (Lipinski definition) is 2. The SMILES string of the molecule is NC(=O)OC1Cc2cc(Cl)cc(C(F)(F)F)c2C1. The van der Waals surface area contributed by atoms with Gasteiger partial charge in [-0.2, -0.15) is 13.2 Å². The normalized spacial score (nSPS) is 18.6. The van der Waals surface area contributed by atoms with Crippen LogP contribution in [0.2, 0.25) is 5.02 Å². The molecule has 1 amide bonds. The van der Waals surface area contributed by atoms with Crippen LogP contribution in [0.15, 0.2) is 12.1 Å². The van der Waals surface area contributed by atoms with Crippen LogP contribution in [-0.4, -0.2) is 12.2 Å². The molecule has 0 heterocycles. The van der Waals surface area contributed by atoms with E-state index in [1.165, 1.54) is 6.07 Å². The maximum Gasteiger partial charge on any atom is 0.416 e. The van der Waals surface area contributed by atoms with E-state index < -0.39 is 23.9 Å². The van der Waals surface area contributed by atoms with E-state index in [1.807, 2.05) is 0 Å². The van der Waals surface area contributed by atoms with Crippen LogP contribution >= 0.6 is 11.6 Å². The zero-order valence-corrected chi connectivity index (χ0v) is 9.81. The van der Waals surface area contributed by atoms with E-state index in [0.717, 1.165) is 6.07 Å². The number of fused-ring (bicyclic) bond motifs is 1. The van der Waals surface area contributed by atoms with Gasteiger partial charge < -0.3 is 10.5 Å². The number of nitrogens with two attached hydrogens (primary N) is 1. The lowest BCUT2D eigenvalue weighted by Crippen LogP contribution is -2.23. The summed E-state index contributed by atoms with van der Waals surface area (Å²) in [6.07, 6.45) is -5.92. The third kappa shape index (κ3) is 2.53. The zero-order valence-electron chi connectivity index (χ0n) is 9.05. The Labute approximate surface area is 106 Å². The van der Waals surface area contributed by atoms with Crippen LogP contribution in [0.3, 0.4) is 0 Å². The van der Waals surface area contributed by atoms with Crippen molar-refractivity contribution in [2.75, 3.05) is 0 Å². The minimum Gasteiger partial charge on any atom is -0.446 e. The Balaban J connectivity index is 2.37. The molecule has 2 rings (SSSR count). The lowest BCUT2D eigenvalue weighted by Gasteiger charge is -2.12. The van der Waals surface area contributed by atoms with E-state index in [2.05, 4.69) is 0 Å². The molecule has 0 saturated heterocycles. The molecule has 98 valence electrons. The van der Waals surface area contributed by atoms with Crippen molar-refractivity contribution in [3.63, 3.8) is 0 Å². The molecule has 1 aromatic carbocycles. The van der Waals surface area contributed by atoms with Crippen LogP contribution in [0.4, 0.5) is 18.0 Å². The zero-order chi connectivity index (χ0) is 13.5. The molecule has 1 aromatic rings. The van der Waals surface area contributed by atoms with Crippen LogP contribution < -0.4 is 5.73 Å². The number of carbonyl (C=O) groups excluding carboxylic acids is 1. The minimum absolute atomic E-state index is 0.00425. The van der Waals surface area contributed by atoms with Gasteiger partial charge in [-0.05, 0) is 23.3 Å². The molecule has 7 heteroatoms. The first-order valence-electron chi connectivity index (χ1n) is 5.12. The summed E-state index contributed by atoms with van der Waals surface area (Å²) in [6, 6.07) is 2.34. The average Bonchev–Trinajstić information content (AvgIpc) is 2.55. The highest BCUT2D eigenvalue weighted by Crippen LogP contribution is 2.39. The van der Waals surface area contributed by atoms with Gasteiger partial charge in [-0.25, -0.2) is 4.79 Å². The summed E-state index contributed by atoms with van der Waals surface area (Å²) in [5.74, 6) is 0. The number of rotatable bonds is 1. The van der Waals surface area contributed by atoms with Crippen molar-refractivity contribution < 1.29 is 22.7 Å². The van der Waals surface area contributed by atoms with E-state index in [4.69, 9.17) is 22.1 Å². The van der Waals surface area contributed by atoms with E-state index in [-0.39, 0.29) is 23.4 Å². The fourth-order valence-corrected chi connectivity index (χ4v) is 2.40. The first-order chi connectivity index (χ1) is 8.27. The van der Waals surface area contributed by atoms with Gasteiger partial charge in [-0.15, -0.1) is 0 Å². The number of halogens is 4. The number of hydrogen-bond donors (Lipinski definition) is 1. The summed E-state index contributed by atoms with van der Waals surface area (Å²) in [7, 11) is 0. The van der Waals surface area contributed by atoms with Gasteiger partial charge in [0.25, 0.3) is 0 Å². The summed E-state index contributed by atoms with van der Waals surface area (Å²) >= 11 is 5.66. The predicted octanol–water partition coefficient (Wildman–Crippen LogP) is 2.92. The van der Waals surface area contributed by atoms with E-state index >= 15 is 0 Å². The molecule has 0 fully saturated rings. The second-order valence-electron chi connectivity index (χ2n) is 4.06. The number of primary amides is 1. The smallest absolute Gasteiger partial charge is 0.416 e. The standard InChI is InChI=1S/C11H9ClF3NO2/c12-6-1-5-2-7(18-10(16)17)4-8(5)9(3-6)11(13,14)15/h1,3,7H,2,4H2,(H2,16,17). The second kappa shape index (κ2) is 4.35. The molecule has 3 nitrogen and oxygen atoms in total. The van der Waals surface area contributed by atoms with Gasteiger partial charge in [0.15, 0.2) is 0 Å². The van der Waals surface area contributed by atoms with Gasteiger partial charge in [-0.3, -0.25) is 0 Å². The van der Waals surface area contributed by atoms with Crippen molar-refractivity contribution in [1.29, 1.82) is 0 Å². The highest BCUT2D eigenvalue weighted by Gasteiger charge is 2.38. The highest BCUT2D eigenvalue weighted by atomic mass is 35.5. The topological polar surface area (TPSA) is 52.3 Å². The van der Waals surface area contributed by atoms with Crippen molar-refractivity contribution in [1.82, 2.24) is 0 Å². The fourth-order valence-electron chi connectivity index (χ4n) is 2.16. The van der Waals surface area contributed by atoms with Crippen molar-refractivity contribution in [3.8, 4) is 0 Å². The Morgan fingerprint density at radius 1 is 1.39 bits per heavy atom. The molecular weight excluding hydrogens is 271 g/mol. The summed E-state index contributed by atoms with van der Waals surface area (Å²) < 4.78 is 43.2. The molecule has 0 saturated carbocycles. The minimum atomic E-state index is -4.48. The second-order valence-corrected chi connectivity index (χ2v) is 4.49. The molecule has 0 spiro atoms. The monoisotopic (exact) mass is 279 g/mol. The fraction of sp³-hybridized carbons (Fsp3) is 0.364. The molecule has 0 aromatic heterocycles. The van der Waals surface area contributed by atoms with Gasteiger partial charge in [-0.1, -0.05) is 11.6 Å². The maximum atomic E-state index is 12.8. The maximum absolute atomic E-state index is 12.8. The first-order valence-corrected chi connectivity index (χ1v) is 5.49.